The Hall–Kier alpha value is -3.02. The fourth-order valence-corrected chi connectivity index (χ4v) is 3.64. The van der Waals surface area contributed by atoms with Crippen LogP contribution in [0, 0.1) is 0 Å². The molecule has 3 rings (SSSR count). The minimum Gasteiger partial charge on any atom is -0.493 e. The molecule has 1 saturated carbocycles. The minimum atomic E-state index is -0.574. The number of ether oxygens (including phenoxy) is 2. The van der Waals surface area contributed by atoms with Gasteiger partial charge >= 0.3 is 0 Å². The number of nitrogens with one attached hydrogen (secondary N) is 1. The van der Waals surface area contributed by atoms with E-state index in [0.717, 1.165) is 25.7 Å². The second-order valence-corrected chi connectivity index (χ2v) is 7.05. The van der Waals surface area contributed by atoms with E-state index >= 15 is 0 Å². The zero-order valence-corrected chi connectivity index (χ0v) is 16.0. The highest BCUT2D eigenvalue weighted by Gasteiger charge is 2.24. The van der Waals surface area contributed by atoms with E-state index in [-0.39, 0.29) is 18.6 Å². The highest BCUT2D eigenvalue weighted by atomic mass is 16.5. The van der Waals surface area contributed by atoms with E-state index in [9.17, 15) is 9.59 Å². The van der Waals surface area contributed by atoms with E-state index in [1.807, 2.05) is 6.07 Å². The number of primary amides is 1. The fraction of sp³-hybridized carbons (Fsp3) is 0.364. The summed E-state index contributed by atoms with van der Waals surface area (Å²) in [6.07, 6.45) is 4.06. The Labute approximate surface area is 165 Å². The van der Waals surface area contributed by atoms with E-state index < -0.39 is 5.91 Å². The van der Waals surface area contributed by atoms with Gasteiger partial charge in [0.25, 0.3) is 11.8 Å². The molecule has 0 heterocycles. The van der Waals surface area contributed by atoms with E-state index in [1.165, 1.54) is 12.7 Å². The average molecular weight is 382 g/mol. The third kappa shape index (κ3) is 5.03. The van der Waals surface area contributed by atoms with E-state index in [4.69, 9.17) is 15.2 Å². The van der Waals surface area contributed by atoms with Crippen LogP contribution in [0.1, 0.15) is 47.5 Å². The molecule has 2 amide bonds. The first-order chi connectivity index (χ1) is 13.6. The summed E-state index contributed by atoms with van der Waals surface area (Å²) in [5.41, 5.74) is 6.96. The normalized spacial score (nSPS) is 18.9. The predicted octanol–water partition coefficient (Wildman–Crippen LogP) is 3.02. The number of rotatable bonds is 7. The van der Waals surface area contributed by atoms with Crippen molar-refractivity contribution >= 4 is 11.8 Å². The van der Waals surface area contributed by atoms with Crippen LogP contribution in [0.5, 0.6) is 11.5 Å². The van der Waals surface area contributed by atoms with Gasteiger partial charge in [-0.25, -0.2) is 0 Å². The number of methoxy groups -OCH3 is 1. The monoisotopic (exact) mass is 382 g/mol. The van der Waals surface area contributed by atoms with Gasteiger partial charge in [-0.05, 0) is 55.4 Å². The van der Waals surface area contributed by atoms with Crippen molar-refractivity contribution in [2.45, 2.75) is 37.6 Å². The molecule has 6 nitrogen and oxygen atoms in total. The summed E-state index contributed by atoms with van der Waals surface area (Å²) in [5, 5.41) is 3.12. The van der Waals surface area contributed by atoms with E-state index in [2.05, 4.69) is 29.6 Å². The molecular weight excluding hydrogens is 356 g/mol. The van der Waals surface area contributed by atoms with E-state index in [1.54, 1.807) is 18.2 Å². The first-order valence-corrected chi connectivity index (χ1v) is 9.51. The van der Waals surface area contributed by atoms with Crippen molar-refractivity contribution in [1.82, 2.24) is 5.32 Å². The number of hydrogen-bond acceptors (Lipinski definition) is 4. The van der Waals surface area contributed by atoms with Crippen LogP contribution >= 0.6 is 0 Å². The maximum atomic E-state index is 12.6. The third-order valence-electron chi connectivity index (χ3n) is 5.13. The van der Waals surface area contributed by atoms with Crippen LogP contribution in [0.2, 0.25) is 0 Å². The third-order valence-corrected chi connectivity index (χ3v) is 5.13. The van der Waals surface area contributed by atoms with E-state index in [0.29, 0.717) is 23.0 Å². The second kappa shape index (κ2) is 9.26. The molecule has 0 saturated heterocycles. The lowest BCUT2D eigenvalue weighted by Gasteiger charge is -2.29. The summed E-state index contributed by atoms with van der Waals surface area (Å²) in [4.78, 5) is 23.5. The van der Waals surface area contributed by atoms with Crippen molar-refractivity contribution in [2.75, 3.05) is 13.7 Å². The molecule has 6 heteroatoms. The van der Waals surface area contributed by atoms with Gasteiger partial charge in [0, 0.05) is 11.6 Å². The lowest BCUT2D eigenvalue weighted by atomic mass is 9.82. The number of nitrogens with two attached hydrogens (primary N) is 1. The van der Waals surface area contributed by atoms with Crippen LogP contribution in [0.15, 0.2) is 48.5 Å². The fourth-order valence-electron chi connectivity index (χ4n) is 3.64. The smallest absolute Gasteiger partial charge is 0.255 e. The van der Waals surface area contributed by atoms with Crippen molar-refractivity contribution < 1.29 is 19.1 Å². The average Bonchev–Trinajstić information content (AvgIpc) is 2.73. The minimum absolute atomic E-state index is 0.136. The molecule has 1 aliphatic carbocycles. The summed E-state index contributed by atoms with van der Waals surface area (Å²) in [6.45, 7) is -0.243. The molecule has 0 radical (unpaired) electrons. The summed E-state index contributed by atoms with van der Waals surface area (Å²) in [5.74, 6) is 0.622. The van der Waals surface area contributed by atoms with Gasteiger partial charge in [-0.2, -0.15) is 0 Å². The largest absolute Gasteiger partial charge is 0.493 e. The van der Waals surface area contributed by atoms with Gasteiger partial charge in [-0.15, -0.1) is 0 Å². The van der Waals surface area contributed by atoms with Crippen LogP contribution in [-0.4, -0.2) is 31.6 Å². The lowest BCUT2D eigenvalue weighted by Crippen LogP contribution is -2.37. The van der Waals surface area contributed by atoms with Gasteiger partial charge in [0.05, 0.1) is 7.11 Å². The quantitative estimate of drug-likeness (QED) is 0.770. The molecule has 0 aromatic heterocycles. The van der Waals surface area contributed by atoms with Crippen LogP contribution in [-0.2, 0) is 4.79 Å². The Bertz CT molecular complexity index is 815. The zero-order chi connectivity index (χ0) is 19.9. The molecule has 0 unspecified atom stereocenters. The summed E-state index contributed by atoms with van der Waals surface area (Å²) in [6, 6.07) is 15.6. The molecular formula is C22H26N2O4. The molecule has 1 fully saturated rings. The second-order valence-electron chi connectivity index (χ2n) is 7.05. The Morgan fingerprint density at radius 1 is 1.04 bits per heavy atom. The predicted molar refractivity (Wildman–Crippen MR) is 107 cm³/mol. The van der Waals surface area contributed by atoms with Gasteiger partial charge in [0.2, 0.25) is 0 Å². The van der Waals surface area contributed by atoms with Gasteiger partial charge in [-0.1, -0.05) is 30.3 Å². The maximum absolute atomic E-state index is 12.6. The van der Waals surface area contributed by atoms with Gasteiger partial charge < -0.3 is 20.5 Å². The molecule has 3 N–H and O–H groups in total. The molecule has 28 heavy (non-hydrogen) atoms. The SMILES string of the molecule is COc1cc(C(=O)NC2CCC(c3ccccc3)CC2)ccc1OCC(N)=O. The van der Waals surface area contributed by atoms with Gasteiger partial charge in [0.1, 0.15) is 0 Å². The summed E-state index contributed by atoms with van der Waals surface area (Å²) < 4.78 is 10.6. The number of carbonyl (C=O) groups excluding carboxylic acids is 2. The van der Waals surface area contributed by atoms with Crippen molar-refractivity contribution in [1.29, 1.82) is 0 Å². The van der Waals surface area contributed by atoms with Crippen molar-refractivity contribution in [3.05, 3.63) is 59.7 Å². The van der Waals surface area contributed by atoms with Crippen molar-refractivity contribution in [3.63, 3.8) is 0 Å². The maximum Gasteiger partial charge on any atom is 0.255 e. The van der Waals surface area contributed by atoms with Gasteiger partial charge in [0.15, 0.2) is 18.1 Å². The zero-order valence-electron chi connectivity index (χ0n) is 16.0. The van der Waals surface area contributed by atoms with Crippen LogP contribution in [0.25, 0.3) is 0 Å². The number of amides is 2. The highest BCUT2D eigenvalue weighted by molar-refractivity contribution is 5.95. The van der Waals surface area contributed by atoms with Crippen LogP contribution in [0.3, 0.4) is 0 Å². The Balaban J connectivity index is 1.57. The standard InChI is InChI=1S/C22H26N2O4/c1-27-20-13-17(9-12-19(20)28-14-21(23)25)22(26)24-18-10-7-16(8-11-18)15-5-3-2-4-6-15/h2-6,9,12-13,16,18H,7-8,10-11,14H2,1H3,(H2,23,25)(H,24,26). The highest BCUT2D eigenvalue weighted by Crippen LogP contribution is 2.33. The molecule has 2 aromatic rings. The molecule has 0 spiro atoms. The molecule has 148 valence electrons. The molecule has 0 bridgehead atoms. The van der Waals surface area contributed by atoms with Crippen LogP contribution in [0.4, 0.5) is 0 Å². The summed E-state index contributed by atoms with van der Waals surface area (Å²) in [7, 11) is 1.49. The summed E-state index contributed by atoms with van der Waals surface area (Å²) >= 11 is 0. The number of benzene rings is 2. The topological polar surface area (TPSA) is 90.7 Å². The Morgan fingerprint density at radius 3 is 2.39 bits per heavy atom. The van der Waals surface area contributed by atoms with Gasteiger partial charge in [-0.3, -0.25) is 9.59 Å². The number of hydrogen-bond donors (Lipinski definition) is 2. The van der Waals surface area contributed by atoms with Crippen LogP contribution < -0.4 is 20.5 Å². The van der Waals surface area contributed by atoms with Crippen molar-refractivity contribution in [3.8, 4) is 11.5 Å². The Kier molecular flexibility index (Phi) is 6.53. The molecule has 1 aliphatic rings. The number of carbonyl (C=O) groups is 2. The lowest BCUT2D eigenvalue weighted by molar-refractivity contribution is -0.119. The first-order valence-electron chi connectivity index (χ1n) is 9.51. The first kappa shape index (κ1) is 19.7. The molecule has 0 atom stereocenters. The molecule has 2 aromatic carbocycles. The van der Waals surface area contributed by atoms with Crippen molar-refractivity contribution in [2.24, 2.45) is 5.73 Å². The molecule has 0 aliphatic heterocycles. The Morgan fingerprint density at radius 2 is 1.75 bits per heavy atom.